The number of aryl methyl sites for hydroxylation is 1. The van der Waals surface area contributed by atoms with Crippen LogP contribution < -0.4 is 0 Å². The van der Waals surface area contributed by atoms with E-state index in [1.165, 1.54) is 5.56 Å². The van der Waals surface area contributed by atoms with Crippen LogP contribution in [-0.4, -0.2) is 32.5 Å². The molecule has 4 rings (SSSR count). The number of aromatic nitrogens is 3. The van der Waals surface area contributed by atoms with Crippen molar-refractivity contribution < 1.29 is 9.21 Å². The number of likely N-dealkylation sites (tertiary alicyclic amines) is 1. The third kappa shape index (κ3) is 4.05. The van der Waals surface area contributed by atoms with Gasteiger partial charge in [-0.3, -0.25) is 9.78 Å². The molecule has 1 fully saturated rings. The van der Waals surface area contributed by atoms with Gasteiger partial charge < -0.3 is 9.32 Å². The quantitative estimate of drug-likeness (QED) is 0.690. The minimum atomic E-state index is -0.134. The monoisotopic (exact) mass is 362 g/mol. The summed E-state index contributed by atoms with van der Waals surface area (Å²) in [7, 11) is 0. The number of carbonyl (C=O) groups is 1. The summed E-state index contributed by atoms with van der Waals surface area (Å²) in [4.78, 5) is 18.8. The van der Waals surface area contributed by atoms with E-state index in [0.717, 1.165) is 37.8 Å². The Hall–Kier alpha value is -3.02. The maximum Gasteiger partial charge on any atom is 0.247 e. The molecule has 1 unspecified atom stereocenters. The number of piperidine rings is 1. The molecule has 6 heteroatoms. The van der Waals surface area contributed by atoms with Crippen LogP contribution in [0.25, 0.3) is 11.5 Å². The highest BCUT2D eigenvalue weighted by atomic mass is 16.4. The van der Waals surface area contributed by atoms with Gasteiger partial charge in [0.2, 0.25) is 17.7 Å². The molecule has 1 saturated heterocycles. The van der Waals surface area contributed by atoms with Gasteiger partial charge in [0, 0.05) is 30.9 Å². The number of carbonyl (C=O) groups excluding carboxylic acids is 1. The fourth-order valence-corrected chi connectivity index (χ4v) is 3.51. The van der Waals surface area contributed by atoms with E-state index in [0.29, 0.717) is 18.2 Å². The number of hydrogen-bond donors (Lipinski definition) is 0. The van der Waals surface area contributed by atoms with Gasteiger partial charge in [-0.2, -0.15) is 0 Å². The van der Waals surface area contributed by atoms with Crippen molar-refractivity contribution in [2.45, 2.75) is 38.1 Å². The van der Waals surface area contributed by atoms with Crippen molar-refractivity contribution in [3.8, 4) is 11.5 Å². The molecule has 1 aliphatic heterocycles. The van der Waals surface area contributed by atoms with Crippen molar-refractivity contribution in [1.29, 1.82) is 0 Å². The number of amides is 1. The second-order valence-corrected chi connectivity index (χ2v) is 6.77. The van der Waals surface area contributed by atoms with Crippen molar-refractivity contribution >= 4 is 5.91 Å². The zero-order valence-electron chi connectivity index (χ0n) is 15.1. The van der Waals surface area contributed by atoms with Gasteiger partial charge in [-0.15, -0.1) is 10.2 Å². The molecule has 1 atom stereocenters. The van der Waals surface area contributed by atoms with Gasteiger partial charge in [0.25, 0.3) is 0 Å². The zero-order chi connectivity index (χ0) is 18.5. The average molecular weight is 362 g/mol. The Labute approximate surface area is 158 Å². The van der Waals surface area contributed by atoms with Crippen molar-refractivity contribution in [2.75, 3.05) is 6.54 Å². The molecule has 1 aromatic carbocycles. The molecule has 0 N–H and O–H groups in total. The first-order valence-corrected chi connectivity index (χ1v) is 9.38. The lowest BCUT2D eigenvalue weighted by molar-refractivity contribution is -0.135. The summed E-state index contributed by atoms with van der Waals surface area (Å²) in [5.41, 5.74) is 2.01. The van der Waals surface area contributed by atoms with Crippen LogP contribution in [0.3, 0.4) is 0 Å². The summed E-state index contributed by atoms with van der Waals surface area (Å²) in [5, 5.41) is 8.40. The summed E-state index contributed by atoms with van der Waals surface area (Å²) in [6.45, 7) is 0.741. The third-order valence-electron chi connectivity index (χ3n) is 4.95. The highest BCUT2D eigenvalue weighted by molar-refractivity contribution is 5.77. The Bertz CT molecular complexity index is 879. The Kier molecular flexibility index (Phi) is 5.23. The highest BCUT2D eigenvalue weighted by Gasteiger charge is 2.31. The Morgan fingerprint density at radius 2 is 1.89 bits per heavy atom. The van der Waals surface area contributed by atoms with Gasteiger partial charge >= 0.3 is 0 Å². The fourth-order valence-electron chi connectivity index (χ4n) is 3.51. The second-order valence-electron chi connectivity index (χ2n) is 6.77. The fraction of sp³-hybridized carbons (Fsp3) is 0.333. The van der Waals surface area contributed by atoms with Crippen LogP contribution in [0.2, 0.25) is 0 Å². The standard InChI is InChI=1S/C21H22N4O2/c26-19(10-9-16-6-2-1-3-7-16)25-15-5-4-8-18(25)21-24-23-20(27-21)17-11-13-22-14-12-17/h1-3,6-7,11-14,18H,4-5,8-10,15H2. The molecule has 6 nitrogen and oxygen atoms in total. The Morgan fingerprint density at radius 3 is 2.70 bits per heavy atom. The van der Waals surface area contributed by atoms with Crippen LogP contribution in [0.15, 0.2) is 59.3 Å². The van der Waals surface area contributed by atoms with Crippen LogP contribution >= 0.6 is 0 Å². The first-order chi connectivity index (χ1) is 13.3. The van der Waals surface area contributed by atoms with Crippen LogP contribution in [-0.2, 0) is 11.2 Å². The number of pyridine rings is 1. The van der Waals surface area contributed by atoms with E-state index >= 15 is 0 Å². The van der Waals surface area contributed by atoms with Gasteiger partial charge in [-0.05, 0) is 43.4 Å². The molecule has 3 heterocycles. The smallest absolute Gasteiger partial charge is 0.247 e. The molecule has 3 aromatic rings. The first-order valence-electron chi connectivity index (χ1n) is 9.38. The summed E-state index contributed by atoms with van der Waals surface area (Å²) < 4.78 is 5.91. The van der Waals surface area contributed by atoms with E-state index < -0.39 is 0 Å². The highest BCUT2D eigenvalue weighted by Crippen LogP contribution is 2.32. The SMILES string of the molecule is O=C(CCc1ccccc1)N1CCCCC1c1nnc(-c2ccncc2)o1. The van der Waals surface area contributed by atoms with Crippen molar-refractivity contribution in [2.24, 2.45) is 0 Å². The van der Waals surface area contributed by atoms with E-state index in [1.807, 2.05) is 35.2 Å². The molecule has 2 aromatic heterocycles. The molecule has 138 valence electrons. The number of benzene rings is 1. The lowest BCUT2D eigenvalue weighted by atomic mass is 10.0. The van der Waals surface area contributed by atoms with Crippen molar-refractivity contribution in [3.05, 3.63) is 66.3 Å². The lowest BCUT2D eigenvalue weighted by Crippen LogP contribution is -2.38. The Balaban J connectivity index is 1.47. The third-order valence-corrected chi connectivity index (χ3v) is 4.95. The van der Waals surface area contributed by atoms with E-state index in [2.05, 4.69) is 27.3 Å². The van der Waals surface area contributed by atoms with E-state index in [1.54, 1.807) is 12.4 Å². The maximum absolute atomic E-state index is 12.9. The molecule has 0 aliphatic carbocycles. The van der Waals surface area contributed by atoms with Crippen LogP contribution in [0.1, 0.15) is 43.2 Å². The lowest BCUT2D eigenvalue weighted by Gasteiger charge is -2.33. The van der Waals surface area contributed by atoms with Gasteiger partial charge in [0.1, 0.15) is 6.04 Å². The number of hydrogen-bond acceptors (Lipinski definition) is 5. The van der Waals surface area contributed by atoms with Gasteiger partial charge in [-0.25, -0.2) is 0 Å². The summed E-state index contributed by atoms with van der Waals surface area (Å²) in [6, 6.07) is 13.6. The average Bonchev–Trinajstić information content (AvgIpc) is 3.23. The molecule has 0 radical (unpaired) electrons. The molecule has 1 aliphatic rings. The zero-order valence-corrected chi connectivity index (χ0v) is 15.1. The Morgan fingerprint density at radius 1 is 1.07 bits per heavy atom. The van der Waals surface area contributed by atoms with Crippen molar-refractivity contribution in [3.63, 3.8) is 0 Å². The topological polar surface area (TPSA) is 72.1 Å². The largest absolute Gasteiger partial charge is 0.418 e. The molecule has 0 spiro atoms. The molecule has 27 heavy (non-hydrogen) atoms. The molecular weight excluding hydrogens is 340 g/mol. The predicted octanol–water partition coefficient (Wildman–Crippen LogP) is 3.82. The normalized spacial score (nSPS) is 17.0. The van der Waals surface area contributed by atoms with E-state index in [-0.39, 0.29) is 11.9 Å². The van der Waals surface area contributed by atoms with Gasteiger partial charge in [0.15, 0.2) is 0 Å². The molecule has 0 bridgehead atoms. The number of rotatable bonds is 5. The van der Waals surface area contributed by atoms with Gasteiger partial charge in [0.05, 0.1) is 0 Å². The second kappa shape index (κ2) is 8.12. The van der Waals surface area contributed by atoms with Crippen LogP contribution in [0.4, 0.5) is 0 Å². The summed E-state index contributed by atoms with van der Waals surface area (Å²) >= 11 is 0. The summed E-state index contributed by atoms with van der Waals surface area (Å²) in [6.07, 6.45) is 7.55. The minimum absolute atomic E-state index is 0.134. The molecule has 0 saturated carbocycles. The van der Waals surface area contributed by atoms with E-state index in [4.69, 9.17) is 4.42 Å². The minimum Gasteiger partial charge on any atom is -0.418 e. The van der Waals surface area contributed by atoms with Crippen molar-refractivity contribution in [1.82, 2.24) is 20.1 Å². The van der Waals surface area contributed by atoms with Crippen LogP contribution in [0, 0.1) is 0 Å². The predicted molar refractivity (Wildman–Crippen MR) is 101 cm³/mol. The molecule has 1 amide bonds. The number of nitrogens with zero attached hydrogens (tertiary/aromatic N) is 4. The first kappa shape index (κ1) is 17.4. The van der Waals surface area contributed by atoms with E-state index in [9.17, 15) is 4.79 Å². The van der Waals surface area contributed by atoms with Gasteiger partial charge in [-0.1, -0.05) is 30.3 Å². The maximum atomic E-state index is 12.9. The molecular formula is C21H22N4O2. The summed E-state index contributed by atoms with van der Waals surface area (Å²) in [5.74, 6) is 1.14. The van der Waals surface area contributed by atoms with Crippen LogP contribution in [0.5, 0.6) is 0 Å².